The molecule has 4 N–H and O–H groups in total. The fraction of sp³-hybridized carbons (Fsp3) is 0.167. The lowest BCUT2D eigenvalue weighted by atomic mass is 10.0. The third-order valence-electron chi connectivity index (χ3n) is 3.55. The van der Waals surface area contributed by atoms with Crippen LogP contribution in [0.2, 0.25) is 5.02 Å². The molecule has 1 atom stereocenters. The summed E-state index contributed by atoms with van der Waals surface area (Å²) in [6.07, 6.45) is 0.201. The van der Waals surface area contributed by atoms with Crippen LogP contribution in [0.5, 0.6) is 0 Å². The smallest absolute Gasteiger partial charge is 0.251 e. The molecular weight excluding hydrogens is 422 g/mol. The summed E-state index contributed by atoms with van der Waals surface area (Å²) in [5, 5.41) is 5.75. The van der Waals surface area contributed by atoms with Crippen LogP contribution in [0.4, 0.5) is 5.69 Å². The van der Waals surface area contributed by atoms with E-state index < -0.39 is 17.9 Å². The highest BCUT2D eigenvalue weighted by Gasteiger charge is 2.20. The van der Waals surface area contributed by atoms with E-state index in [0.29, 0.717) is 16.3 Å². The molecule has 6 nitrogen and oxygen atoms in total. The van der Waals surface area contributed by atoms with Gasteiger partial charge in [0.05, 0.1) is 0 Å². The molecule has 26 heavy (non-hydrogen) atoms. The summed E-state index contributed by atoms with van der Waals surface area (Å²) in [6.45, 7) is 1.39. The number of anilines is 1. The summed E-state index contributed by atoms with van der Waals surface area (Å²) in [5.41, 5.74) is 7.10. The summed E-state index contributed by atoms with van der Waals surface area (Å²) in [7, 11) is 0. The van der Waals surface area contributed by atoms with Crippen molar-refractivity contribution in [3.05, 3.63) is 63.1 Å². The highest BCUT2D eigenvalue weighted by atomic mass is 79.9. The van der Waals surface area contributed by atoms with Gasteiger partial charge in [-0.15, -0.1) is 0 Å². The molecule has 0 saturated carbocycles. The molecule has 8 heteroatoms. The Labute approximate surface area is 164 Å². The van der Waals surface area contributed by atoms with Gasteiger partial charge < -0.3 is 16.4 Å². The number of hydrogen-bond donors (Lipinski definition) is 3. The Morgan fingerprint density at radius 3 is 2.38 bits per heavy atom. The van der Waals surface area contributed by atoms with Gasteiger partial charge in [0.1, 0.15) is 6.04 Å². The highest BCUT2D eigenvalue weighted by Crippen LogP contribution is 2.22. The van der Waals surface area contributed by atoms with Crippen LogP contribution < -0.4 is 16.4 Å². The lowest BCUT2D eigenvalue weighted by Crippen LogP contribution is -2.45. The number of carbonyl (C=O) groups excluding carboxylic acids is 3. The first-order valence-electron chi connectivity index (χ1n) is 7.68. The van der Waals surface area contributed by atoms with Crippen molar-refractivity contribution in [3.63, 3.8) is 0 Å². The maximum absolute atomic E-state index is 12.4. The van der Waals surface area contributed by atoms with Crippen LogP contribution in [-0.2, 0) is 16.0 Å². The van der Waals surface area contributed by atoms with E-state index in [0.717, 1.165) is 10.0 Å². The molecule has 2 rings (SSSR count). The van der Waals surface area contributed by atoms with Gasteiger partial charge >= 0.3 is 0 Å². The minimum absolute atomic E-state index is 0.201. The van der Waals surface area contributed by atoms with Gasteiger partial charge in [0.2, 0.25) is 11.8 Å². The number of primary amides is 1. The van der Waals surface area contributed by atoms with Crippen molar-refractivity contribution >= 4 is 50.9 Å². The highest BCUT2D eigenvalue weighted by molar-refractivity contribution is 9.10. The summed E-state index contributed by atoms with van der Waals surface area (Å²) >= 11 is 9.37. The van der Waals surface area contributed by atoms with Crippen LogP contribution in [0, 0.1) is 0 Å². The molecule has 0 aliphatic rings. The zero-order valence-electron chi connectivity index (χ0n) is 13.9. The number of amides is 3. The number of hydrogen-bond acceptors (Lipinski definition) is 3. The van der Waals surface area contributed by atoms with Crippen LogP contribution in [0.1, 0.15) is 22.8 Å². The molecule has 0 spiro atoms. The molecule has 0 fully saturated rings. The van der Waals surface area contributed by atoms with Gasteiger partial charge in [0, 0.05) is 34.1 Å². The first-order chi connectivity index (χ1) is 12.3. The third kappa shape index (κ3) is 5.57. The second-order valence-electron chi connectivity index (χ2n) is 5.63. The molecule has 136 valence electrons. The van der Waals surface area contributed by atoms with E-state index in [1.807, 2.05) is 0 Å². The first-order valence-corrected chi connectivity index (χ1v) is 8.85. The SMILES string of the molecule is CC(=O)Nc1ccc(C(=O)N[C@@H](Cc2cc(Cl)ccc2Br)C(N)=O)cc1. The Morgan fingerprint density at radius 2 is 1.81 bits per heavy atom. The van der Waals surface area contributed by atoms with Crippen molar-refractivity contribution in [2.24, 2.45) is 5.73 Å². The fourth-order valence-electron chi connectivity index (χ4n) is 2.29. The van der Waals surface area contributed by atoms with Crippen LogP contribution >= 0.6 is 27.5 Å². The largest absolute Gasteiger partial charge is 0.368 e. The van der Waals surface area contributed by atoms with Crippen molar-refractivity contribution in [2.45, 2.75) is 19.4 Å². The van der Waals surface area contributed by atoms with Crippen molar-refractivity contribution in [3.8, 4) is 0 Å². The van der Waals surface area contributed by atoms with Gasteiger partial charge in [-0.05, 0) is 48.0 Å². The Balaban J connectivity index is 2.11. The lowest BCUT2D eigenvalue weighted by Gasteiger charge is -2.17. The third-order valence-corrected chi connectivity index (χ3v) is 4.56. The zero-order chi connectivity index (χ0) is 19.3. The molecule has 3 amide bonds. The molecular formula is C18H17BrClN3O3. The summed E-state index contributed by atoms with van der Waals surface area (Å²) in [6, 6.07) is 10.6. The Bertz CT molecular complexity index is 840. The summed E-state index contributed by atoms with van der Waals surface area (Å²) in [5.74, 6) is -1.30. The maximum atomic E-state index is 12.4. The van der Waals surface area contributed by atoms with Crippen molar-refractivity contribution in [1.29, 1.82) is 0 Å². The molecule has 0 unspecified atom stereocenters. The summed E-state index contributed by atoms with van der Waals surface area (Å²) < 4.78 is 0.766. The maximum Gasteiger partial charge on any atom is 0.251 e. The fourth-order valence-corrected chi connectivity index (χ4v) is 2.90. The Hall–Kier alpha value is -2.38. The van der Waals surface area contributed by atoms with E-state index in [1.165, 1.54) is 6.92 Å². The van der Waals surface area contributed by atoms with E-state index in [2.05, 4.69) is 26.6 Å². The van der Waals surface area contributed by atoms with Crippen LogP contribution in [0.25, 0.3) is 0 Å². The molecule has 0 aliphatic carbocycles. The van der Waals surface area contributed by atoms with Crippen LogP contribution in [0.15, 0.2) is 46.9 Å². The van der Waals surface area contributed by atoms with E-state index in [1.54, 1.807) is 42.5 Å². The standard InChI is InChI=1S/C18H17BrClN3O3/c1-10(24)22-14-5-2-11(3-6-14)18(26)23-16(17(21)25)9-12-8-13(20)4-7-15(12)19/h2-8,16H,9H2,1H3,(H2,21,25)(H,22,24)(H,23,26)/t16-/m0/s1. The molecule has 0 radical (unpaired) electrons. The summed E-state index contributed by atoms with van der Waals surface area (Å²) in [4.78, 5) is 35.2. The van der Waals surface area contributed by atoms with Crippen molar-refractivity contribution < 1.29 is 14.4 Å². The normalized spacial score (nSPS) is 11.5. The minimum Gasteiger partial charge on any atom is -0.368 e. The molecule has 0 aromatic heterocycles. The van der Waals surface area contributed by atoms with Gasteiger partial charge in [-0.25, -0.2) is 0 Å². The van der Waals surface area contributed by atoms with Crippen LogP contribution in [0.3, 0.4) is 0 Å². The topological polar surface area (TPSA) is 101 Å². The van der Waals surface area contributed by atoms with E-state index in [9.17, 15) is 14.4 Å². The van der Waals surface area contributed by atoms with Crippen molar-refractivity contribution in [2.75, 3.05) is 5.32 Å². The lowest BCUT2D eigenvalue weighted by molar-refractivity contribution is -0.119. The Kier molecular flexibility index (Phi) is 6.76. The number of halogens is 2. The van der Waals surface area contributed by atoms with Gasteiger partial charge in [0.25, 0.3) is 5.91 Å². The average Bonchev–Trinajstić information content (AvgIpc) is 2.57. The number of benzene rings is 2. The van der Waals surface area contributed by atoms with Crippen molar-refractivity contribution in [1.82, 2.24) is 5.32 Å². The number of nitrogens with two attached hydrogens (primary N) is 1. The minimum atomic E-state index is -0.896. The van der Waals surface area contributed by atoms with E-state index >= 15 is 0 Å². The monoisotopic (exact) mass is 437 g/mol. The number of nitrogens with one attached hydrogen (secondary N) is 2. The molecule has 0 saturated heterocycles. The number of carbonyl (C=O) groups is 3. The second kappa shape index (κ2) is 8.82. The van der Waals surface area contributed by atoms with Crippen LogP contribution in [-0.4, -0.2) is 23.8 Å². The predicted molar refractivity (Wildman–Crippen MR) is 104 cm³/mol. The molecule has 0 bridgehead atoms. The van der Waals surface area contributed by atoms with Gasteiger partial charge in [0.15, 0.2) is 0 Å². The molecule has 2 aromatic carbocycles. The Morgan fingerprint density at radius 1 is 1.15 bits per heavy atom. The van der Waals surface area contributed by atoms with E-state index in [4.69, 9.17) is 17.3 Å². The predicted octanol–water partition coefficient (Wildman–Crippen LogP) is 2.89. The van der Waals surface area contributed by atoms with Gasteiger partial charge in [-0.3, -0.25) is 14.4 Å². The van der Waals surface area contributed by atoms with Gasteiger partial charge in [-0.1, -0.05) is 27.5 Å². The first kappa shape index (κ1) is 19.9. The quantitative estimate of drug-likeness (QED) is 0.646. The second-order valence-corrected chi connectivity index (χ2v) is 6.92. The molecule has 0 heterocycles. The zero-order valence-corrected chi connectivity index (χ0v) is 16.2. The number of rotatable bonds is 6. The molecule has 2 aromatic rings. The molecule has 0 aliphatic heterocycles. The van der Waals surface area contributed by atoms with E-state index in [-0.39, 0.29) is 12.3 Å². The average molecular weight is 439 g/mol. The van der Waals surface area contributed by atoms with Gasteiger partial charge in [-0.2, -0.15) is 0 Å².